The van der Waals surface area contributed by atoms with Crippen LogP contribution in [-0.2, 0) is 0 Å². The first-order valence-electron chi connectivity index (χ1n) is 13.2. The van der Waals surface area contributed by atoms with Crippen molar-refractivity contribution in [2.24, 2.45) is 22.6 Å². The molecule has 1 saturated heterocycles. The van der Waals surface area contributed by atoms with Crippen molar-refractivity contribution in [3.8, 4) is 0 Å². The number of carbonyl (C=O) groups excluding carboxylic acids is 1. The predicted octanol–water partition coefficient (Wildman–Crippen LogP) is 4.37. The second-order valence-corrected chi connectivity index (χ2v) is 10.4. The lowest BCUT2D eigenvalue weighted by Crippen LogP contribution is -2.53. The quantitative estimate of drug-likeness (QED) is 0.380. The standard InChI is InChI=1S/C27H43N5O/c1-21(33)24-9-6-10-25(18-24)30-27(29-20-23-8-5-7-22(17-23)19-28)32-15-13-31(14-16-32)26-11-3-2-4-12-26/h6,9-10,18,22-23,26H,2-5,7-8,11-17,19-20,28H2,1H3,(H,29,30). The van der Waals surface area contributed by atoms with Crippen LogP contribution in [0.5, 0.6) is 0 Å². The first-order valence-corrected chi connectivity index (χ1v) is 13.2. The van der Waals surface area contributed by atoms with E-state index in [4.69, 9.17) is 10.7 Å². The van der Waals surface area contributed by atoms with Gasteiger partial charge < -0.3 is 16.0 Å². The molecule has 0 amide bonds. The van der Waals surface area contributed by atoms with E-state index >= 15 is 0 Å². The van der Waals surface area contributed by atoms with Crippen molar-refractivity contribution in [3.63, 3.8) is 0 Å². The van der Waals surface area contributed by atoms with Crippen LogP contribution in [0, 0.1) is 11.8 Å². The molecule has 4 rings (SSSR count). The van der Waals surface area contributed by atoms with Gasteiger partial charge in [0.2, 0.25) is 0 Å². The summed E-state index contributed by atoms with van der Waals surface area (Å²) in [5, 5.41) is 3.58. The van der Waals surface area contributed by atoms with Crippen LogP contribution in [0.2, 0.25) is 0 Å². The molecule has 1 aliphatic heterocycles. The number of benzene rings is 1. The van der Waals surface area contributed by atoms with Gasteiger partial charge in [0, 0.05) is 50.0 Å². The van der Waals surface area contributed by atoms with Crippen molar-refractivity contribution in [2.75, 3.05) is 44.6 Å². The summed E-state index contributed by atoms with van der Waals surface area (Å²) in [7, 11) is 0. The number of rotatable bonds is 6. The molecule has 2 unspecified atom stereocenters. The highest BCUT2D eigenvalue weighted by atomic mass is 16.1. The van der Waals surface area contributed by atoms with E-state index in [0.29, 0.717) is 11.8 Å². The molecule has 0 bridgehead atoms. The summed E-state index contributed by atoms with van der Waals surface area (Å²) in [6.45, 7) is 7.50. The van der Waals surface area contributed by atoms with Gasteiger partial charge in [-0.05, 0) is 69.5 Å². The van der Waals surface area contributed by atoms with Crippen LogP contribution in [0.1, 0.15) is 75.1 Å². The van der Waals surface area contributed by atoms with E-state index < -0.39 is 0 Å². The zero-order valence-electron chi connectivity index (χ0n) is 20.5. The normalized spacial score (nSPS) is 25.8. The number of ketones is 1. The number of Topliss-reactive ketones (excluding diaryl/α,β-unsaturated/α-hetero) is 1. The molecule has 2 aliphatic carbocycles. The van der Waals surface area contributed by atoms with E-state index in [2.05, 4.69) is 15.1 Å². The molecule has 3 N–H and O–H groups in total. The smallest absolute Gasteiger partial charge is 0.198 e. The van der Waals surface area contributed by atoms with Gasteiger partial charge in [-0.3, -0.25) is 14.7 Å². The van der Waals surface area contributed by atoms with E-state index in [9.17, 15) is 4.79 Å². The van der Waals surface area contributed by atoms with Crippen molar-refractivity contribution in [1.29, 1.82) is 0 Å². The summed E-state index contributed by atoms with van der Waals surface area (Å²) in [5.41, 5.74) is 7.64. The first-order chi connectivity index (χ1) is 16.1. The molecule has 0 spiro atoms. The Morgan fingerprint density at radius 2 is 1.79 bits per heavy atom. The SMILES string of the molecule is CC(=O)c1cccc(NC(=NCC2CCCC(CN)C2)N2CCN(C3CCCCC3)CC2)c1. The molecule has 1 aromatic carbocycles. The van der Waals surface area contributed by atoms with Crippen molar-refractivity contribution in [3.05, 3.63) is 29.8 Å². The maximum Gasteiger partial charge on any atom is 0.198 e. The third-order valence-corrected chi connectivity index (χ3v) is 7.95. The number of hydrogen-bond acceptors (Lipinski definition) is 4. The Hall–Kier alpha value is -1.92. The zero-order valence-corrected chi connectivity index (χ0v) is 20.5. The van der Waals surface area contributed by atoms with Gasteiger partial charge in [-0.2, -0.15) is 0 Å². The van der Waals surface area contributed by atoms with Crippen molar-refractivity contribution in [1.82, 2.24) is 9.80 Å². The molecule has 0 aromatic heterocycles. The Morgan fingerprint density at radius 3 is 2.52 bits per heavy atom. The summed E-state index contributed by atoms with van der Waals surface area (Å²) in [6, 6.07) is 8.58. The number of nitrogens with two attached hydrogens (primary N) is 1. The van der Waals surface area contributed by atoms with Crippen LogP contribution in [0.3, 0.4) is 0 Å². The fourth-order valence-corrected chi connectivity index (χ4v) is 5.91. The van der Waals surface area contributed by atoms with Gasteiger partial charge in [0.25, 0.3) is 0 Å². The first kappa shape index (κ1) is 24.2. The van der Waals surface area contributed by atoms with Gasteiger partial charge in [0.05, 0.1) is 0 Å². The highest BCUT2D eigenvalue weighted by molar-refractivity contribution is 5.98. The average Bonchev–Trinajstić information content (AvgIpc) is 2.87. The molecule has 1 aromatic rings. The van der Waals surface area contributed by atoms with Gasteiger partial charge in [-0.15, -0.1) is 0 Å². The summed E-state index contributed by atoms with van der Waals surface area (Å²) in [4.78, 5) is 22.1. The number of aliphatic imine (C=N–C) groups is 1. The molecule has 182 valence electrons. The van der Waals surface area contributed by atoms with Crippen LogP contribution in [0.4, 0.5) is 5.69 Å². The Morgan fingerprint density at radius 1 is 1.03 bits per heavy atom. The molecule has 33 heavy (non-hydrogen) atoms. The van der Waals surface area contributed by atoms with E-state index in [1.54, 1.807) is 6.92 Å². The van der Waals surface area contributed by atoms with Gasteiger partial charge in [-0.1, -0.05) is 37.8 Å². The second-order valence-electron chi connectivity index (χ2n) is 10.4. The molecule has 6 nitrogen and oxygen atoms in total. The summed E-state index contributed by atoms with van der Waals surface area (Å²) >= 11 is 0. The molecular weight excluding hydrogens is 410 g/mol. The minimum Gasteiger partial charge on any atom is -0.340 e. The van der Waals surface area contributed by atoms with Crippen LogP contribution in [-0.4, -0.2) is 66.9 Å². The van der Waals surface area contributed by atoms with Crippen LogP contribution in [0.15, 0.2) is 29.3 Å². The second kappa shape index (κ2) is 12.0. The van der Waals surface area contributed by atoms with Crippen LogP contribution < -0.4 is 11.1 Å². The number of piperazine rings is 1. The molecule has 3 aliphatic rings. The van der Waals surface area contributed by atoms with E-state index in [1.165, 1.54) is 57.8 Å². The van der Waals surface area contributed by atoms with E-state index in [-0.39, 0.29) is 5.78 Å². The van der Waals surface area contributed by atoms with Gasteiger partial charge in [-0.25, -0.2) is 0 Å². The minimum atomic E-state index is 0.0910. The maximum atomic E-state index is 11.9. The number of nitrogens with zero attached hydrogens (tertiary/aromatic N) is 3. The maximum absolute atomic E-state index is 11.9. The molecule has 1 heterocycles. The fraction of sp³-hybridized carbons (Fsp3) is 0.704. The van der Waals surface area contributed by atoms with Gasteiger partial charge >= 0.3 is 0 Å². The monoisotopic (exact) mass is 453 g/mol. The summed E-state index contributed by atoms with van der Waals surface area (Å²) < 4.78 is 0. The predicted molar refractivity (Wildman–Crippen MR) is 137 cm³/mol. The Labute approximate surface area is 200 Å². The Kier molecular flexibility index (Phi) is 8.79. The highest BCUT2D eigenvalue weighted by Crippen LogP contribution is 2.29. The molecule has 2 atom stereocenters. The number of hydrogen-bond donors (Lipinski definition) is 2. The van der Waals surface area contributed by atoms with E-state index in [1.807, 2.05) is 24.3 Å². The average molecular weight is 454 g/mol. The summed E-state index contributed by atoms with van der Waals surface area (Å²) in [6.07, 6.45) is 11.9. The zero-order chi connectivity index (χ0) is 23.0. The molecule has 0 radical (unpaired) electrons. The number of guanidine groups is 1. The topological polar surface area (TPSA) is 74.0 Å². The lowest BCUT2D eigenvalue weighted by atomic mass is 9.81. The highest BCUT2D eigenvalue weighted by Gasteiger charge is 2.27. The third kappa shape index (κ3) is 6.80. The number of carbonyl (C=O) groups is 1. The lowest BCUT2D eigenvalue weighted by Gasteiger charge is -2.41. The van der Waals surface area contributed by atoms with Gasteiger partial charge in [0.1, 0.15) is 0 Å². The molecule has 6 heteroatoms. The Balaban J connectivity index is 1.44. The number of anilines is 1. The molecule has 3 fully saturated rings. The largest absolute Gasteiger partial charge is 0.340 e. The summed E-state index contributed by atoms with van der Waals surface area (Å²) in [5.74, 6) is 2.33. The van der Waals surface area contributed by atoms with Crippen LogP contribution in [0.25, 0.3) is 0 Å². The van der Waals surface area contributed by atoms with Crippen molar-refractivity contribution < 1.29 is 4.79 Å². The fourth-order valence-electron chi connectivity index (χ4n) is 5.91. The van der Waals surface area contributed by atoms with E-state index in [0.717, 1.165) is 62.5 Å². The molecule has 2 saturated carbocycles. The lowest BCUT2D eigenvalue weighted by molar-refractivity contribution is 0.101. The van der Waals surface area contributed by atoms with Crippen molar-refractivity contribution >= 4 is 17.4 Å². The number of nitrogens with one attached hydrogen (secondary N) is 1. The minimum absolute atomic E-state index is 0.0910. The third-order valence-electron chi connectivity index (χ3n) is 7.95. The van der Waals surface area contributed by atoms with Crippen molar-refractivity contribution in [2.45, 2.75) is 70.8 Å². The van der Waals surface area contributed by atoms with Gasteiger partial charge in [0.15, 0.2) is 11.7 Å². The Bertz CT molecular complexity index is 795. The van der Waals surface area contributed by atoms with Crippen LogP contribution >= 0.6 is 0 Å². The molecular formula is C27H43N5O.